The van der Waals surface area contributed by atoms with E-state index >= 15 is 0 Å². The van der Waals surface area contributed by atoms with Gasteiger partial charge in [-0.05, 0) is 19.1 Å². The van der Waals surface area contributed by atoms with Crippen molar-refractivity contribution in [2.24, 2.45) is 0 Å². The average molecular weight is 314 g/mol. The van der Waals surface area contributed by atoms with Gasteiger partial charge in [0.1, 0.15) is 12.4 Å². The van der Waals surface area contributed by atoms with Crippen molar-refractivity contribution in [3.05, 3.63) is 40.7 Å². The number of benzene rings is 1. The number of fused-ring (bicyclic) bond motifs is 1. The van der Waals surface area contributed by atoms with E-state index in [2.05, 4.69) is 15.3 Å². The fourth-order valence-corrected chi connectivity index (χ4v) is 2.42. The standard InChI is InChI=1S/C12H9F3N4OS/c1-7-2-4-8(5-3-7)20-6-9-18-19-10(12(13,14)15)16-17-11(19)21-9/h2-5H,6H2,1H3. The average Bonchev–Trinajstić information content (AvgIpc) is 2.96. The van der Waals surface area contributed by atoms with Gasteiger partial charge in [-0.15, -0.1) is 10.2 Å². The number of nitrogens with zero attached hydrogens (tertiary/aromatic N) is 4. The van der Waals surface area contributed by atoms with E-state index in [-0.39, 0.29) is 11.6 Å². The Morgan fingerprint density at radius 3 is 2.57 bits per heavy atom. The number of aryl methyl sites for hydroxylation is 1. The van der Waals surface area contributed by atoms with Crippen molar-refractivity contribution in [1.82, 2.24) is 19.8 Å². The predicted molar refractivity (Wildman–Crippen MR) is 69.2 cm³/mol. The molecular weight excluding hydrogens is 305 g/mol. The molecule has 0 fully saturated rings. The van der Waals surface area contributed by atoms with Crippen molar-refractivity contribution < 1.29 is 17.9 Å². The van der Waals surface area contributed by atoms with Gasteiger partial charge in [-0.1, -0.05) is 29.0 Å². The summed E-state index contributed by atoms with van der Waals surface area (Å²) in [4.78, 5) is 0.0878. The molecule has 1 aromatic carbocycles. The molecule has 0 amide bonds. The van der Waals surface area contributed by atoms with Crippen molar-refractivity contribution in [3.63, 3.8) is 0 Å². The van der Waals surface area contributed by atoms with Gasteiger partial charge in [0.2, 0.25) is 4.96 Å². The quantitative estimate of drug-likeness (QED) is 0.745. The van der Waals surface area contributed by atoms with Gasteiger partial charge in [-0.2, -0.15) is 22.8 Å². The summed E-state index contributed by atoms with van der Waals surface area (Å²) in [5, 5.41) is 10.8. The van der Waals surface area contributed by atoms with Gasteiger partial charge in [-0.25, -0.2) is 0 Å². The molecule has 2 heterocycles. The SMILES string of the molecule is Cc1ccc(OCc2nn3c(C(F)(F)F)nnc3s2)cc1. The number of rotatable bonds is 3. The molecule has 9 heteroatoms. The molecule has 0 spiro atoms. The van der Waals surface area contributed by atoms with E-state index < -0.39 is 12.0 Å². The monoisotopic (exact) mass is 314 g/mol. The molecule has 0 aliphatic rings. The first kappa shape index (κ1) is 13.8. The zero-order chi connectivity index (χ0) is 15.0. The lowest BCUT2D eigenvalue weighted by molar-refractivity contribution is -0.146. The van der Waals surface area contributed by atoms with Gasteiger partial charge in [0.25, 0.3) is 5.82 Å². The fraction of sp³-hybridized carbons (Fsp3) is 0.250. The summed E-state index contributed by atoms with van der Waals surface area (Å²) in [6, 6.07) is 7.35. The van der Waals surface area contributed by atoms with Gasteiger partial charge in [-0.3, -0.25) is 0 Å². The van der Waals surface area contributed by atoms with Gasteiger partial charge in [0.05, 0.1) is 0 Å². The number of hydrogen-bond acceptors (Lipinski definition) is 5. The molecule has 0 saturated heterocycles. The highest BCUT2D eigenvalue weighted by Crippen LogP contribution is 2.29. The Hall–Kier alpha value is -2.16. The second-order valence-corrected chi connectivity index (χ2v) is 5.35. The summed E-state index contributed by atoms with van der Waals surface area (Å²) < 4.78 is 44.1. The normalized spacial score (nSPS) is 12.0. The largest absolute Gasteiger partial charge is 0.486 e. The third-order valence-electron chi connectivity index (χ3n) is 2.67. The number of aromatic nitrogens is 4. The molecule has 110 valence electrons. The second-order valence-electron chi connectivity index (χ2n) is 4.31. The van der Waals surface area contributed by atoms with Crippen LogP contribution in [0.25, 0.3) is 4.96 Å². The molecule has 21 heavy (non-hydrogen) atoms. The summed E-state index contributed by atoms with van der Waals surface area (Å²) in [6.07, 6.45) is -4.58. The molecular formula is C12H9F3N4OS. The summed E-state index contributed by atoms with van der Waals surface area (Å²) in [5.74, 6) is -0.502. The Kier molecular flexibility index (Phi) is 3.28. The molecule has 0 atom stereocenters. The molecule has 3 rings (SSSR count). The van der Waals surface area contributed by atoms with Crippen molar-refractivity contribution in [3.8, 4) is 5.75 Å². The molecule has 2 aromatic heterocycles. The van der Waals surface area contributed by atoms with Crippen LogP contribution in [0.15, 0.2) is 24.3 Å². The highest BCUT2D eigenvalue weighted by Gasteiger charge is 2.38. The fourth-order valence-electron chi connectivity index (χ4n) is 1.67. The lowest BCUT2D eigenvalue weighted by atomic mass is 10.2. The summed E-state index contributed by atoms with van der Waals surface area (Å²) in [7, 11) is 0. The van der Waals surface area contributed by atoms with Gasteiger partial charge in [0.15, 0.2) is 5.01 Å². The number of halogens is 3. The van der Waals surface area contributed by atoms with Crippen molar-refractivity contribution in [2.45, 2.75) is 19.7 Å². The second kappa shape index (κ2) is 4.99. The number of hydrogen-bond donors (Lipinski definition) is 0. The molecule has 0 bridgehead atoms. The highest BCUT2D eigenvalue weighted by atomic mass is 32.1. The predicted octanol–water partition coefficient (Wildman–Crippen LogP) is 3.09. The topological polar surface area (TPSA) is 52.3 Å². The van der Waals surface area contributed by atoms with Crippen LogP contribution in [0.5, 0.6) is 5.75 Å². The van der Waals surface area contributed by atoms with Crippen LogP contribution in [0.2, 0.25) is 0 Å². The molecule has 3 aromatic rings. The third kappa shape index (κ3) is 2.82. The van der Waals surface area contributed by atoms with Gasteiger partial charge in [0, 0.05) is 0 Å². The molecule has 0 aliphatic heterocycles. The van der Waals surface area contributed by atoms with E-state index in [9.17, 15) is 13.2 Å². The van der Waals surface area contributed by atoms with E-state index in [4.69, 9.17) is 4.74 Å². The number of ether oxygens (including phenoxy) is 1. The first-order chi connectivity index (χ1) is 9.93. The first-order valence-corrected chi connectivity index (χ1v) is 6.73. The minimum atomic E-state index is -4.58. The smallest absolute Gasteiger partial charge is 0.453 e. The molecule has 5 nitrogen and oxygen atoms in total. The Labute approximate surface area is 121 Å². The van der Waals surface area contributed by atoms with Gasteiger partial charge >= 0.3 is 6.18 Å². The van der Waals surface area contributed by atoms with Crippen LogP contribution in [-0.4, -0.2) is 19.8 Å². The molecule has 0 unspecified atom stereocenters. The van der Waals surface area contributed by atoms with Crippen LogP contribution in [0.3, 0.4) is 0 Å². The maximum atomic E-state index is 12.7. The maximum Gasteiger partial charge on any atom is 0.453 e. The van der Waals surface area contributed by atoms with Crippen LogP contribution in [0.4, 0.5) is 13.2 Å². The summed E-state index contributed by atoms with van der Waals surface area (Å²) in [5.41, 5.74) is 1.09. The molecule has 0 N–H and O–H groups in total. The Morgan fingerprint density at radius 2 is 1.90 bits per heavy atom. The van der Waals surface area contributed by atoms with E-state index in [0.29, 0.717) is 15.3 Å². The summed E-state index contributed by atoms with van der Waals surface area (Å²) >= 11 is 1.01. The maximum absolute atomic E-state index is 12.7. The first-order valence-electron chi connectivity index (χ1n) is 5.91. The van der Waals surface area contributed by atoms with Crippen molar-refractivity contribution >= 4 is 16.3 Å². The van der Waals surface area contributed by atoms with Crippen molar-refractivity contribution in [2.75, 3.05) is 0 Å². The van der Waals surface area contributed by atoms with Crippen LogP contribution in [0, 0.1) is 6.92 Å². The van der Waals surface area contributed by atoms with Crippen LogP contribution >= 0.6 is 11.3 Å². The van der Waals surface area contributed by atoms with Crippen molar-refractivity contribution in [1.29, 1.82) is 0 Å². The molecule has 0 saturated carbocycles. The Balaban J connectivity index is 1.79. The Morgan fingerprint density at radius 1 is 1.19 bits per heavy atom. The third-order valence-corrected chi connectivity index (χ3v) is 3.54. The number of alkyl halides is 3. The van der Waals surface area contributed by atoms with Crippen LogP contribution in [0.1, 0.15) is 16.4 Å². The lowest BCUT2D eigenvalue weighted by Gasteiger charge is -2.03. The zero-order valence-electron chi connectivity index (χ0n) is 10.8. The molecule has 0 radical (unpaired) electrons. The van der Waals surface area contributed by atoms with E-state index in [1.54, 1.807) is 12.1 Å². The van der Waals surface area contributed by atoms with E-state index in [1.165, 1.54) is 0 Å². The van der Waals surface area contributed by atoms with Crippen LogP contribution in [-0.2, 0) is 12.8 Å². The highest BCUT2D eigenvalue weighted by molar-refractivity contribution is 7.16. The van der Waals surface area contributed by atoms with Gasteiger partial charge < -0.3 is 4.74 Å². The minimum Gasteiger partial charge on any atom is -0.486 e. The van der Waals surface area contributed by atoms with Crippen LogP contribution < -0.4 is 4.74 Å². The minimum absolute atomic E-state index is 0.0778. The lowest BCUT2D eigenvalue weighted by Crippen LogP contribution is -2.11. The van der Waals surface area contributed by atoms with E-state index in [0.717, 1.165) is 16.9 Å². The molecule has 0 aliphatic carbocycles. The van der Waals surface area contributed by atoms with E-state index in [1.807, 2.05) is 19.1 Å². The zero-order valence-corrected chi connectivity index (χ0v) is 11.6. The summed E-state index contributed by atoms with van der Waals surface area (Å²) in [6.45, 7) is 2.03. The Bertz CT molecular complexity index is 763.